The van der Waals surface area contributed by atoms with Gasteiger partial charge in [-0.2, -0.15) is 4.98 Å². The number of carboxylic acid groups (broad SMARTS) is 1. The molecule has 25 heavy (non-hydrogen) atoms. The minimum atomic E-state index is -1.03. The fraction of sp³-hybridized carbons (Fsp3) is 0.611. The fourth-order valence-corrected chi connectivity index (χ4v) is 4.29. The summed E-state index contributed by atoms with van der Waals surface area (Å²) in [5, 5.41) is 9.51. The summed E-state index contributed by atoms with van der Waals surface area (Å²) in [6.07, 6.45) is 9.59. The van der Waals surface area contributed by atoms with Crippen LogP contribution in [0.3, 0.4) is 0 Å². The van der Waals surface area contributed by atoms with Crippen molar-refractivity contribution < 1.29 is 19.4 Å². The molecule has 5 rings (SSSR count). The molecule has 2 atom stereocenters. The maximum Gasteiger partial charge on any atom is 0.342 e. The Labute approximate surface area is 145 Å². The van der Waals surface area contributed by atoms with Gasteiger partial charge < -0.3 is 14.6 Å². The van der Waals surface area contributed by atoms with Crippen molar-refractivity contribution in [3.05, 3.63) is 23.7 Å². The first-order chi connectivity index (χ1) is 12.0. The van der Waals surface area contributed by atoms with Crippen molar-refractivity contribution in [3.63, 3.8) is 0 Å². The van der Waals surface area contributed by atoms with Crippen LogP contribution in [0.25, 0.3) is 5.78 Å². The molecule has 2 bridgehead atoms. The van der Waals surface area contributed by atoms with Crippen LogP contribution in [-0.2, 0) is 10.2 Å². The standard InChI is InChI=1S/C18H21N3O4/c1-17-5-6-18(9-17,10-24-17)13-8-21-7-12(15(22)23)14(20-16(21)19-13)25-11-3-2-4-11/h7-8,11H,2-6,9-10H2,1H3,(H,22,23). The largest absolute Gasteiger partial charge is 0.477 e. The summed E-state index contributed by atoms with van der Waals surface area (Å²) in [7, 11) is 0. The summed E-state index contributed by atoms with van der Waals surface area (Å²) in [5.74, 6) is -0.364. The van der Waals surface area contributed by atoms with Crippen molar-refractivity contribution in [3.8, 4) is 5.88 Å². The Morgan fingerprint density at radius 3 is 2.76 bits per heavy atom. The van der Waals surface area contributed by atoms with E-state index in [1.54, 1.807) is 10.6 Å². The first kappa shape index (κ1) is 15.1. The third kappa shape index (κ3) is 2.25. The monoisotopic (exact) mass is 343 g/mol. The van der Waals surface area contributed by atoms with E-state index in [9.17, 15) is 9.90 Å². The SMILES string of the molecule is CC12CCC(c3cn4cc(C(=O)O)c(OC5CCC5)nc4n3)(CO1)C2. The van der Waals surface area contributed by atoms with E-state index in [2.05, 4.69) is 11.9 Å². The lowest BCUT2D eigenvalue weighted by Crippen LogP contribution is -2.26. The highest BCUT2D eigenvalue weighted by atomic mass is 16.5. The van der Waals surface area contributed by atoms with Gasteiger partial charge in [-0.15, -0.1) is 0 Å². The first-order valence-corrected chi connectivity index (χ1v) is 8.91. The van der Waals surface area contributed by atoms with Gasteiger partial charge in [0.2, 0.25) is 11.7 Å². The highest BCUT2D eigenvalue weighted by molar-refractivity contribution is 5.90. The van der Waals surface area contributed by atoms with Crippen LogP contribution in [0.5, 0.6) is 5.88 Å². The second-order valence-corrected chi connectivity index (χ2v) is 7.96. The zero-order valence-electron chi connectivity index (χ0n) is 14.2. The molecule has 2 aliphatic carbocycles. The molecule has 0 aromatic carbocycles. The van der Waals surface area contributed by atoms with Gasteiger partial charge in [0.05, 0.1) is 17.9 Å². The number of fused-ring (bicyclic) bond motifs is 3. The summed E-state index contributed by atoms with van der Waals surface area (Å²) in [4.78, 5) is 20.7. The van der Waals surface area contributed by atoms with E-state index in [1.807, 2.05) is 6.20 Å². The van der Waals surface area contributed by atoms with Gasteiger partial charge in [0.15, 0.2) is 0 Å². The fourth-order valence-electron chi connectivity index (χ4n) is 4.29. The third-order valence-corrected chi connectivity index (χ3v) is 6.06. The molecule has 1 aliphatic heterocycles. The minimum Gasteiger partial charge on any atom is -0.477 e. The number of carbonyl (C=O) groups is 1. The molecule has 132 valence electrons. The average Bonchev–Trinajstić information content (AvgIpc) is 3.19. The Morgan fingerprint density at radius 2 is 2.20 bits per heavy atom. The zero-order chi connectivity index (χ0) is 17.2. The maximum absolute atomic E-state index is 11.6. The molecule has 2 unspecified atom stereocenters. The lowest BCUT2D eigenvalue weighted by molar-refractivity contribution is -0.00627. The van der Waals surface area contributed by atoms with Gasteiger partial charge in [0.1, 0.15) is 11.7 Å². The van der Waals surface area contributed by atoms with Crippen LogP contribution in [0, 0.1) is 0 Å². The zero-order valence-corrected chi connectivity index (χ0v) is 14.2. The molecule has 3 fully saturated rings. The average molecular weight is 343 g/mol. The molecule has 2 aromatic rings. The molecule has 0 spiro atoms. The van der Waals surface area contributed by atoms with Crippen molar-refractivity contribution in [1.29, 1.82) is 0 Å². The number of hydrogen-bond acceptors (Lipinski definition) is 5. The van der Waals surface area contributed by atoms with Gasteiger partial charge in [-0.25, -0.2) is 9.78 Å². The van der Waals surface area contributed by atoms with Crippen molar-refractivity contribution in [1.82, 2.24) is 14.4 Å². The Balaban J connectivity index is 1.56. The normalized spacial score (nSPS) is 31.4. The number of carboxylic acids is 1. The van der Waals surface area contributed by atoms with E-state index in [4.69, 9.17) is 14.5 Å². The number of rotatable bonds is 4. The smallest absolute Gasteiger partial charge is 0.342 e. The maximum atomic E-state index is 11.6. The molecular weight excluding hydrogens is 322 g/mol. The summed E-state index contributed by atoms with van der Waals surface area (Å²) in [6.45, 7) is 2.83. The summed E-state index contributed by atoms with van der Waals surface area (Å²) < 4.78 is 13.5. The molecule has 0 radical (unpaired) electrons. The van der Waals surface area contributed by atoms with Crippen LogP contribution in [0.1, 0.15) is 61.5 Å². The van der Waals surface area contributed by atoms with Gasteiger partial charge in [-0.05, 0) is 45.4 Å². The second-order valence-electron chi connectivity index (χ2n) is 7.96. The number of ether oxygens (including phenoxy) is 2. The summed E-state index contributed by atoms with van der Waals surface area (Å²) >= 11 is 0. The molecule has 2 saturated carbocycles. The van der Waals surface area contributed by atoms with Crippen LogP contribution in [0.4, 0.5) is 0 Å². The van der Waals surface area contributed by atoms with Gasteiger partial charge in [0, 0.05) is 17.8 Å². The molecule has 7 heteroatoms. The molecular formula is C18H21N3O4. The van der Waals surface area contributed by atoms with Crippen LogP contribution in [0.15, 0.2) is 12.4 Å². The topological polar surface area (TPSA) is 86.0 Å². The lowest BCUT2D eigenvalue weighted by atomic mass is 9.84. The van der Waals surface area contributed by atoms with Crippen LogP contribution in [-0.4, -0.2) is 43.8 Å². The third-order valence-electron chi connectivity index (χ3n) is 6.06. The number of nitrogens with zero attached hydrogens (tertiary/aromatic N) is 3. The highest BCUT2D eigenvalue weighted by Gasteiger charge is 2.55. The Hall–Kier alpha value is -2.15. The summed E-state index contributed by atoms with van der Waals surface area (Å²) in [6, 6.07) is 0. The Kier molecular flexibility index (Phi) is 2.99. The van der Waals surface area contributed by atoms with E-state index in [0.717, 1.165) is 44.2 Å². The number of aromatic nitrogens is 3. The molecule has 0 amide bonds. The molecule has 1 saturated heterocycles. The van der Waals surface area contributed by atoms with Gasteiger partial charge in [-0.1, -0.05) is 0 Å². The van der Waals surface area contributed by atoms with E-state index in [1.165, 1.54) is 0 Å². The lowest BCUT2D eigenvalue weighted by Gasteiger charge is -2.26. The second kappa shape index (κ2) is 4.94. The molecule has 1 N–H and O–H groups in total. The molecule has 2 aromatic heterocycles. The van der Waals surface area contributed by atoms with Crippen LogP contribution < -0.4 is 4.74 Å². The predicted octanol–water partition coefficient (Wildman–Crippen LogP) is 2.57. The molecule has 3 heterocycles. The number of hydrogen-bond donors (Lipinski definition) is 1. The highest BCUT2D eigenvalue weighted by Crippen LogP contribution is 2.53. The van der Waals surface area contributed by atoms with E-state index < -0.39 is 5.97 Å². The summed E-state index contributed by atoms with van der Waals surface area (Å²) in [5.41, 5.74) is 0.910. The predicted molar refractivity (Wildman–Crippen MR) is 88.1 cm³/mol. The van der Waals surface area contributed by atoms with Crippen molar-refractivity contribution in [2.75, 3.05) is 6.61 Å². The Bertz CT molecular complexity index is 863. The van der Waals surface area contributed by atoms with Gasteiger partial charge in [-0.3, -0.25) is 4.40 Å². The van der Waals surface area contributed by atoms with E-state index in [0.29, 0.717) is 12.4 Å². The van der Waals surface area contributed by atoms with Crippen LogP contribution >= 0.6 is 0 Å². The van der Waals surface area contributed by atoms with Crippen molar-refractivity contribution in [2.24, 2.45) is 0 Å². The molecule has 3 aliphatic rings. The Morgan fingerprint density at radius 1 is 1.36 bits per heavy atom. The van der Waals surface area contributed by atoms with Crippen LogP contribution in [0.2, 0.25) is 0 Å². The van der Waals surface area contributed by atoms with E-state index >= 15 is 0 Å². The quantitative estimate of drug-likeness (QED) is 0.918. The molecule has 7 nitrogen and oxygen atoms in total. The van der Waals surface area contributed by atoms with Gasteiger partial charge in [0.25, 0.3) is 0 Å². The van der Waals surface area contributed by atoms with Crippen molar-refractivity contribution in [2.45, 2.75) is 62.6 Å². The number of imidazole rings is 1. The van der Waals surface area contributed by atoms with Crippen molar-refractivity contribution >= 4 is 11.7 Å². The number of aromatic carboxylic acids is 1. The first-order valence-electron chi connectivity index (χ1n) is 8.91. The van der Waals surface area contributed by atoms with Gasteiger partial charge >= 0.3 is 5.97 Å². The minimum absolute atomic E-state index is 0.0477. The van der Waals surface area contributed by atoms with E-state index in [-0.39, 0.29) is 28.6 Å².